The van der Waals surface area contributed by atoms with E-state index in [4.69, 9.17) is 9.15 Å². The zero-order valence-electron chi connectivity index (χ0n) is 10.0. The van der Waals surface area contributed by atoms with Crippen LogP contribution in [-0.4, -0.2) is 19.3 Å². The molecule has 0 spiro atoms. The topological polar surface area (TPSA) is 34.4 Å². The molecule has 0 saturated heterocycles. The highest BCUT2D eigenvalue weighted by Crippen LogP contribution is 2.17. The number of furan rings is 1. The molecule has 0 amide bonds. The summed E-state index contributed by atoms with van der Waals surface area (Å²) in [4.78, 5) is 0. The Morgan fingerprint density at radius 1 is 1.47 bits per heavy atom. The first kappa shape index (κ1) is 12.3. The van der Waals surface area contributed by atoms with Crippen LogP contribution in [0.5, 0.6) is 0 Å². The van der Waals surface area contributed by atoms with E-state index in [-0.39, 0.29) is 12.1 Å². The Labute approximate surface area is 91.8 Å². The van der Waals surface area contributed by atoms with Gasteiger partial charge in [-0.25, -0.2) is 0 Å². The number of ether oxygens (including phenoxy) is 1. The van der Waals surface area contributed by atoms with E-state index in [0.717, 1.165) is 17.9 Å². The molecule has 0 aromatic carbocycles. The summed E-state index contributed by atoms with van der Waals surface area (Å²) >= 11 is 0. The quantitative estimate of drug-likeness (QED) is 0.785. The van der Waals surface area contributed by atoms with Crippen molar-refractivity contribution in [1.82, 2.24) is 5.32 Å². The van der Waals surface area contributed by atoms with E-state index in [2.05, 4.69) is 18.3 Å². The summed E-state index contributed by atoms with van der Waals surface area (Å²) < 4.78 is 10.9. The van der Waals surface area contributed by atoms with E-state index in [9.17, 15) is 0 Å². The molecule has 1 aromatic rings. The van der Waals surface area contributed by atoms with Gasteiger partial charge in [0.2, 0.25) is 0 Å². The molecule has 0 saturated carbocycles. The average molecular weight is 211 g/mol. The number of hydrogen-bond donors (Lipinski definition) is 1. The third-order valence-corrected chi connectivity index (χ3v) is 2.20. The van der Waals surface area contributed by atoms with Crippen LogP contribution in [0.1, 0.15) is 38.1 Å². The van der Waals surface area contributed by atoms with Crippen LogP contribution in [0.3, 0.4) is 0 Å². The Hall–Kier alpha value is -0.800. The Balaban J connectivity index is 2.57. The molecule has 1 aromatic heterocycles. The van der Waals surface area contributed by atoms with Gasteiger partial charge in [-0.05, 0) is 33.4 Å². The van der Waals surface area contributed by atoms with E-state index in [1.54, 1.807) is 6.26 Å². The van der Waals surface area contributed by atoms with Crippen molar-refractivity contribution >= 4 is 0 Å². The summed E-state index contributed by atoms with van der Waals surface area (Å²) in [5.74, 6) is 0.942. The zero-order valence-corrected chi connectivity index (χ0v) is 10.0. The van der Waals surface area contributed by atoms with Crippen LogP contribution in [0.25, 0.3) is 0 Å². The standard InChI is InChI=1S/C12H21NO2/c1-5-13-12(8-14-9(2)3)11-6-10(4)15-7-11/h6-7,9,12-13H,5,8H2,1-4H3. The molecule has 3 nitrogen and oxygen atoms in total. The fraction of sp³-hybridized carbons (Fsp3) is 0.667. The molecule has 1 unspecified atom stereocenters. The molecule has 1 atom stereocenters. The first-order valence-corrected chi connectivity index (χ1v) is 5.53. The summed E-state index contributed by atoms with van der Waals surface area (Å²) in [6.07, 6.45) is 2.06. The third-order valence-electron chi connectivity index (χ3n) is 2.20. The minimum absolute atomic E-state index is 0.231. The molecule has 0 bridgehead atoms. The highest BCUT2D eigenvalue weighted by molar-refractivity contribution is 5.16. The van der Waals surface area contributed by atoms with E-state index in [1.165, 1.54) is 0 Å². The molecule has 1 rings (SSSR count). The fourth-order valence-corrected chi connectivity index (χ4v) is 1.45. The Kier molecular flexibility index (Phi) is 4.85. The molecule has 15 heavy (non-hydrogen) atoms. The lowest BCUT2D eigenvalue weighted by atomic mass is 10.1. The summed E-state index contributed by atoms with van der Waals surface area (Å²) in [6, 6.07) is 2.28. The fourth-order valence-electron chi connectivity index (χ4n) is 1.45. The van der Waals surface area contributed by atoms with E-state index < -0.39 is 0 Å². The van der Waals surface area contributed by atoms with Gasteiger partial charge in [0.15, 0.2) is 0 Å². The SMILES string of the molecule is CCNC(COC(C)C)c1coc(C)c1. The van der Waals surface area contributed by atoms with Crippen LogP contribution < -0.4 is 5.32 Å². The van der Waals surface area contributed by atoms with Crippen molar-refractivity contribution in [2.45, 2.75) is 39.8 Å². The highest BCUT2D eigenvalue weighted by Gasteiger charge is 2.13. The molecular weight excluding hydrogens is 190 g/mol. The van der Waals surface area contributed by atoms with Crippen LogP contribution >= 0.6 is 0 Å². The van der Waals surface area contributed by atoms with Crippen LogP contribution in [0, 0.1) is 6.92 Å². The number of aryl methyl sites for hydroxylation is 1. The van der Waals surface area contributed by atoms with Crippen molar-refractivity contribution in [3.63, 3.8) is 0 Å². The van der Waals surface area contributed by atoms with Gasteiger partial charge >= 0.3 is 0 Å². The Morgan fingerprint density at radius 2 is 2.20 bits per heavy atom. The third kappa shape index (κ3) is 4.06. The number of nitrogens with one attached hydrogen (secondary N) is 1. The van der Waals surface area contributed by atoms with E-state index in [1.807, 2.05) is 20.8 Å². The normalized spacial score (nSPS) is 13.4. The predicted molar refractivity (Wildman–Crippen MR) is 61.0 cm³/mol. The van der Waals surface area contributed by atoms with Crippen molar-refractivity contribution in [3.05, 3.63) is 23.7 Å². The van der Waals surface area contributed by atoms with Gasteiger partial charge < -0.3 is 14.5 Å². The lowest BCUT2D eigenvalue weighted by molar-refractivity contribution is 0.0613. The van der Waals surface area contributed by atoms with Gasteiger partial charge in [-0.1, -0.05) is 6.92 Å². The number of rotatable bonds is 6. The first-order chi connectivity index (χ1) is 7.13. The summed E-state index contributed by atoms with van der Waals surface area (Å²) in [6.45, 7) is 9.75. The molecular formula is C12H21NO2. The van der Waals surface area contributed by atoms with Gasteiger partial charge in [-0.3, -0.25) is 0 Å². The van der Waals surface area contributed by atoms with Crippen molar-refractivity contribution in [2.75, 3.05) is 13.2 Å². The van der Waals surface area contributed by atoms with Gasteiger partial charge in [-0.2, -0.15) is 0 Å². The smallest absolute Gasteiger partial charge is 0.101 e. The molecule has 0 aliphatic rings. The first-order valence-electron chi connectivity index (χ1n) is 5.53. The molecule has 0 radical (unpaired) electrons. The second kappa shape index (κ2) is 5.93. The van der Waals surface area contributed by atoms with Crippen LogP contribution in [0.15, 0.2) is 16.7 Å². The van der Waals surface area contributed by atoms with Gasteiger partial charge in [-0.15, -0.1) is 0 Å². The highest BCUT2D eigenvalue weighted by atomic mass is 16.5. The summed E-state index contributed by atoms with van der Waals surface area (Å²) in [7, 11) is 0. The largest absolute Gasteiger partial charge is 0.469 e. The minimum Gasteiger partial charge on any atom is -0.469 e. The molecule has 0 aliphatic heterocycles. The number of hydrogen-bond acceptors (Lipinski definition) is 3. The Morgan fingerprint density at radius 3 is 2.67 bits per heavy atom. The Bertz CT molecular complexity index is 281. The molecule has 86 valence electrons. The van der Waals surface area contributed by atoms with Gasteiger partial charge in [0.1, 0.15) is 5.76 Å². The van der Waals surface area contributed by atoms with E-state index >= 15 is 0 Å². The van der Waals surface area contributed by atoms with E-state index in [0.29, 0.717) is 6.61 Å². The summed E-state index contributed by atoms with van der Waals surface area (Å²) in [5.41, 5.74) is 1.16. The molecule has 3 heteroatoms. The van der Waals surface area contributed by atoms with Gasteiger partial charge in [0.25, 0.3) is 0 Å². The summed E-state index contributed by atoms with van der Waals surface area (Å²) in [5, 5.41) is 3.38. The predicted octanol–water partition coefficient (Wildman–Crippen LogP) is 2.66. The lowest BCUT2D eigenvalue weighted by Gasteiger charge is -2.18. The van der Waals surface area contributed by atoms with Gasteiger partial charge in [0.05, 0.1) is 25.0 Å². The van der Waals surface area contributed by atoms with Crippen molar-refractivity contribution in [2.24, 2.45) is 0 Å². The number of likely N-dealkylation sites (N-methyl/N-ethyl adjacent to an activating group) is 1. The van der Waals surface area contributed by atoms with Crippen LogP contribution in [0.2, 0.25) is 0 Å². The zero-order chi connectivity index (χ0) is 11.3. The molecule has 1 N–H and O–H groups in total. The van der Waals surface area contributed by atoms with Crippen molar-refractivity contribution < 1.29 is 9.15 Å². The second-order valence-corrected chi connectivity index (χ2v) is 3.98. The van der Waals surface area contributed by atoms with Gasteiger partial charge in [0, 0.05) is 5.56 Å². The van der Waals surface area contributed by atoms with Crippen LogP contribution in [-0.2, 0) is 4.74 Å². The monoisotopic (exact) mass is 211 g/mol. The van der Waals surface area contributed by atoms with Crippen molar-refractivity contribution in [1.29, 1.82) is 0 Å². The average Bonchev–Trinajstić information content (AvgIpc) is 2.59. The second-order valence-electron chi connectivity index (χ2n) is 3.98. The minimum atomic E-state index is 0.231. The lowest BCUT2D eigenvalue weighted by Crippen LogP contribution is -2.26. The molecule has 0 aliphatic carbocycles. The van der Waals surface area contributed by atoms with Crippen LogP contribution in [0.4, 0.5) is 0 Å². The maximum Gasteiger partial charge on any atom is 0.101 e. The maximum absolute atomic E-state index is 5.62. The molecule has 0 fully saturated rings. The molecule has 1 heterocycles. The van der Waals surface area contributed by atoms with Crippen molar-refractivity contribution in [3.8, 4) is 0 Å². The maximum atomic E-state index is 5.62.